The largest absolute Gasteiger partial charge is 0.466 e. The van der Waals surface area contributed by atoms with Gasteiger partial charge in [-0.2, -0.15) is 0 Å². The van der Waals surface area contributed by atoms with Gasteiger partial charge in [0.15, 0.2) is 5.78 Å². The standard InChI is InChI=1S/C14H16O3/c1-3-17-14(16)12-8-10-6-4-5-7-11(10)13(15)9(12)2/h4-7,9,12H,3,8H2,1-2H3/t9-,12+/m0/s1. The third-order valence-electron chi connectivity index (χ3n) is 3.33. The number of rotatable bonds is 2. The van der Waals surface area contributed by atoms with E-state index in [1.54, 1.807) is 13.8 Å². The summed E-state index contributed by atoms with van der Waals surface area (Å²) >= 11 is 0. The summed E-state index contributed by atoms with van der Waals surface area (Å²) in [6.07, 6.45) is 0.599. The summed E-state index contributed by atoms with van der Waals surface area (Å²) in [5, 5.41) is 0. The monoisotopic (exact) mass is 232 g/mol. The van der Waals surface area contributed by atoms with Crippen molar-refractivity contribution in [1.82, 2.24) is 0 Å². The fraction of sp³-hybridized carbons (Fsp3) is 0.429. The molecule has 0 spiro atoms. The van der Waals surface area contributed by atoms with Crippen molar-refractivity contribution >= 4 is 11.8 Å². The Morgan fingerprint density at radius 1 is 1.41 bits per heavy atom. The van der Waals surface area contributed by atoms with E-state index >= 15 is 0 Å². The van der Waals surface area contributed by atoms with Crippen LogP contribution in [0.5, 0.6) is 0 Å². The van der Waals surface area contributed by atoms with Gasteiger partial charge in [-0.1, -0.05) is 31.2 Å². The van der Waals surface area contributed by atoms with Gasteiger partial charge in [-0.3, -0.25) is 9.59 Å². The lowest BCUT2D eigenvalue weighted by molar-refractivity contribution is -0.149. The molecule has 0 aliphatic heterocycles. The highest BCUT2D eigenvalue weighted by Gasteiger charge is 2.37. The molecule has 3 nitrogen and oxygen atoms in total. The molecule has 0 fully saturated rings. The SMILES string of the molecule is CCOC(=O)[C@@H]1Cc2ccccc2C(=O)[C@H]1C. The minimum atomic E-state index is -0.336. The van der Waals surface area contributed by atoms with Crippen molar-refractivity contribution in [2.24, 2.45) is 11.8 Å². The zero-order valence-corrected chi connectivity index (χ0v) is 10.1. The van der Waals surface area contributed by atoms with Crippen molar-refractivity contribution < 1.29 is 14.3 Å². The maximum Gasteiger partial charge on any atom is 0.309 e. The average Bonchev–Trinajstić information content (AvgIpc) is 2.34. The molecule has 1 aromatic rings. The maximum absolute atomic E-state index is 12.1. The zero-order valence-electron chi connectivity index (χ0n) is 10.1. The fourth-order valence-corrected chi connectivity index (χ4v) is 2.32. The second-order valence-corrected chi connectivity index (χ2v) is 4.37. The van der Waals surface area contributed by atoms with Gasteiger partial charge >= 0.3 is 5.97 Å². The van der Waals surface area contributed by atoms with Crippen LogP contribution in [-0.4, -0.2) is 18.4 Å². The van der Waals surface area contributed by atoms with E-state index in [1.165, 1.54) is 0 Å². The van der Waals surface area contributed by atoms with Crippen molar-refractivity contribution in [2.45, 2.75) is 20.3 Å². The summed E-state index contributed by atoms with van der Waals surface area (Å²) < 4.78 is 5.02. The first-order chi connectivity index (χ1) is 8.15. The van der Waals surface area contributed by atoms with Crippen LogP contribution in [-0.2, 0) is 16.0 Å². The van der Waals surface area contributed by atoms with Crippen LogP contribution in [0.15, 0.2) is 24.3 Å². The van der Waals surface area contributed by atoms with Gasteiger partial charge in [0, 0.05) is 11.5 Å². The highest BCUT2D eigenvalue weighted by atomic mass is 16.5. The number of hydrogen-bond acceptors (Lipinski definition) is 3. The molecule has 1 aliphatic rings. The third-order valence-corrected chi connectivity index (χ3v) is 3.33. The van der Waals surface area contributed by atoms with E-state index in [1.807, 2.05) is 24.3 Å². The first kappa shape index (κ1) is 11.8. The molecule has 0 bridgehead atoms. The van der Waals surface area contributed by atoms with E-state index in [-0.39, 0.29) is 23.6 Å². The van der Waals surface area contributed by atoms with Gasteiger partial charge in [0.2, 0.25) is 0 Å². The highest BCUT2D eigenvalue weighted by molar-refractivity contribution is 6.02. The van der Waals surface area contributed by atoms with E-state index in [0.29, 0.717) is 13.0 Å². The number of carbonyl (C=O) groups excluding carboxylic acids is 2. The van der Waals surface area contributed by atoms with Gasteiger partial charge in [0.25, 0.3) is 0 Å². The number of Topliss-reactive ketones (excluding diaryl/α,β-unsaturated/α-hetero) is 1. The third kappa shape index (κ3) is 2.09. The molecule has 0 heterocycles. The number of fused-ring (bicyclic) bond motifs is 1. The molecule has 1 aliphatic carbocycles. The smallest absolute Gasteiger partial charge is 0.309 e. The number of carbonyl (C=O) groups is 2. The summed E-state index contributed by atoms with van der Waals surface area (Å²) in [5.74, 6) is -0.839. The zero-order chi connectivity index (χ0) is 12.4. The predicted octanol–water partition coefficient (Wildman–Crippen LogP) is 2.24. The van der Waals surface area contributed by atoms with Crippen LogP contribution in [0.4, 0.5) is 0 Å². The van der Waals surface area contributed by atoms with E-state index in [9.17, 15) is 9.59 Å². The van der Waals surface area contributed by atoms with Crippen molar-refractivity contribution in [3.05, 3.63) is 35.4 Å². The fourth-order valence-electron chi connectivity index (χ4n) is 2.32. The number of benzene rings is 1. The molecule has 2 rings (SSSR count). The summed E-state index contributed by atoms with van der Waals surface area (Å²) in [5.41, 5.74) is 1.70. The normalized spacial score (nSPS) is 23.1. The molecule has 0 aromatic heterocycles. The van der Waals surface area contributed by atoms with Gasteiger partial charge < -0.3 is 4.74 Å². The van der Waals surface area contributed by atoms with Crippen LogP contribution in [0.2, 0.25) is 0 Å². The van der Waals surface area contributed by atoms with Gasteiger partial charge in [-0.05, 0) is 18.9 Å². The van der Waals surface area contributed by atoms with Crippen LogP contribution in [0, 0.1) is 11.8 Å². The van der Waals surface area contributed by atoms with Crippen molar-refractivity contribution in [3.8, 4) is 0 Å². The molecule has 0 amide bonds. The molecular weight excluding hydrogens is 216 g/mol. The molecule has 17 heavy (non-hydrogen) atoms. The number of ether oxygens (including phenoxy) is 1. The molecule has 0 unspecified atom stereocenters. The Morgan fingerprint density at radius 3 is 2.82 bits per heavy atom. The Kier molecular flexibility index (Phi) is 3.27. The Morgan fingerprint density at radius 2 is 2.12 bits per heavy atom. The lowest BCUT2D eigenvalue weighted by Gasteiger charge is -2.27. The minimum absolute atomic E-state index is 0.0462. The highest BCUT2D eigenvalue weighted by Crippen LogP contribution is 2.30. The molecule has 0 saturated carbocycles. The van der Waals surface area contributed by atoms with Gasteiger partial charge in [-0.25, -0.2) is 0 Å². The Hall–Kier alpha value is -1.64. The van der Waals surface area contributed by atoms with E-state index in [4.69, 9.17) is 4.74 Å². The topological polar surface area (TPSA) is 43.4 Å². The number of esters is 1. The Labute approximate surface area is 101 Å². The molecule has 0 N–H and O–H groups in total. The van der Waals surface area contributed by atoms with Crippen molar-refractivity contribution in [3.63, 3.8) is 0 Å². The summed E-state index contributed by atoms with van der Waals surface area (Å²) in [6.45, 7) is 3.94. The molecular formula is C14H16O3. The van der Waals surface area contributed by atoms with Crippen LogP contribution >= 0.6 is 0 Å². The second kappa shape index (κ2) is 4.70. The van der Waals surface area contributed by atoms with Gasteiger partial charge in [0.05, 0.1) is 12.5 Å². The number of ketones is 1. The summed E-state index contributed by atoms with van der Waals surface area (Å²) in [4.78, 5) is 23.9. The first-order valence-corrected chi connectivity index (χ1v) is 5.94. The van der Waals surface area contributed by atoms with Crippen LogP contribution in [0.1, 0.15) is 29.8 Å². The van der Waals surface area contributed by atoms with E-state index in [2.05, 4.69) is 0 Å². The quantitative estimate of drug-likeness (QED) is 0.734. The second-order valence-electron chi connectivity index (χ2n) is 4.37. The molecule has 2 atom stereocenters. The van der Waals surface area contributed by atoms with Gasteiger partial charge in [0.1, 0.15) is 0 Å². The van der Waals surface area contributed by atoms with E-state index < -0.39 is 0 Å². The Balaban J connectivity index is 2.31. The lowest BCUT2D eigenvalue weighted by atomic mass is 9.76. The summed E-state index contributed by atoms with van der Waals surface area (Å²) in [6, 6.07) is 7.49. The molecule has 3 heteroatoms. The first-order valence-electron chi connectivity index (χ1n) is 5.94. The van der Waals surface area contributed by atoms with Crippen molar-refractivity contribution in [2.75, 3.05) is 6.61 Å². The molecule has 0 radical (unpaired) electrons. The average molecular weight is 232 g/mol. The molecule has 90 valence electrons. The van der Waals surface area contributed by atoms with Gasteiger partial charge in [-0.15, -0.1) is 0 Å². The maximum atomic E-state index is 12.1. The number of hydrogen-bond donors (Lipinski definition) is 0. The lowest BCUT2D eigenvalue weighted by Crippen LogP contribution is -2.35. The minimum Gasteiger partial charge on any atom is -0.466 e. The van der Waals surface area contributed by atoms with E-state index in [0.717, 1.165) is 11.1 Å². The van der Waals surface area contributed by atoms with Crippen LogP contribution in [0.25, 0.3) is 0 Å². The summed E-state index contributed by atoms with van der Waals surface area (Å²) in [7, 11) is 0. The molecule has 0 saturated heterocycles. The van der Waals surface area contributed by atoms with Crippen LogP contribution in [0.3, 0.4) is 0 Å². The van der Waals surface area contributed by atoms with Crippen LogP contribution < -0.4 is 0 Å². The molecule has 1 aromatic carbocycles. The Bertz CT molecular complexity index is 451. The predicted molar refractivity (Wildman–Crippen MR) is 63.8 cm³/mol. The van der Waals surface area contributed by atoms with Crippen molar-refractivity contribution in [1.29, 1.82) is 0 Å².